The Morgan fingerprint density at radius 3 is 2.45 bits per heavy atom. The highest BCUT2D eigenvalue weighted by molar-refractivity contribution is 7.80. The second-order valence-electron chi connectivity index (χ2n) is 4.42. The van der Waals surface area contributed by atoms with Gasteiger partial charge in [-0.2, -0.15) is 0 Å². The van der Waals surface area contributed by atoms with Crippen LogP contribution < -0.4 is 25.6 Å². The number of hydrogen-bond acceptors (Lipinski definition) is 4. The first kappa shape index (κ1) is 16.1. The van der Waals surface area contributed by atoms with Crippen LogP contribution in [0.4, 0.5) is 0 Å². The Morgan fingerprint density at radius 2 is 1.90 bits per heavy atom. The van der Waals surface area contributed by atoms with Gasteiger partial charge in [0.05, 0.1) is 19.9 Å². The molecule has 0 bridgehead atoms. The zero-order valence-electron chi connectivity index (χ0n) is 12.2. The van der Waals surface area contributed by atoms with E-state index in [0.29, 0.717) is 16.6 Å². The molecule has 0 aliphatic carbocycles. The van der Waals surface area contributed by atoms with Crippen LogP contribution in [0.5, 0.6) is 11.5 Å². The lowest BCUT2D eigenvalue weighted by Gasteiger charge is -2.17. The minimum absolute atomic E-state index is 0.264. The van der Waals surface area contributed by atoms with Crippen molar-refractivity contribution in [2.45, 2.75) is 19.9 Å². The molecule has 0 heterocycles. The smallest absolute Gasteiger partial charge is 0.185 e. The van der Waals surface area contributed by atoms with Crippen LogP contribution in [-0.2, 0) is 0 Å². The molecule has 0 amide bonds. The summed E-state index contributed by atoms with van der Waals surface area (Å²) in [5.41, 5.74) is 7.30. The lowest BCUT2D eigenvalue weighted by molar-refractivity contribution is 0.393. The molecule has 0 saturated heterocycles. The molecule has 1 aromatic carbocycles. The minimum Gasteiger partial charge on any atom is -0.497 e. The number of thiocarbonyl (C=S) groups is 1. The number of ether oxygens (including phenoxy) is 2. The Kier molecular flexibility index (Phi) is 6.11. The molecule has 0 aromatic heterocycles. The summed E-state index contributed by atoms with van der Waals surface area (Å²) in [6.07, 6.45) is 0. The van der Waals surface area contributed by atoms with Gasteiger partial charge in [0.25, 0.3) is 0 Å². The topological polar surface area (TPSA) is 54.5 Å². The van der Waals surface area contributed by atoms with Gasteiger partial charge in [0.1, 0.15) is 11.5 Å². The maximum Gasteiger partial charge on any atom is 0.185 e. The average Bonchev–Trinajstić information content (AvgIpc) is 2.43. The zero-order chi connectivity index (χ0) is 15.1. The molecule has 0 radical (unpaired) electrons. The molecule has 1 rings (SSSR count). The molecule has 0 aliphatic heterocycles. The monoisotopic (exact) mass is 295 g/mol. The molecule has 20 heavy (non-hydrogen) atoms. The normalized spacial score (nSPS) is 9.85. The van der Waals surface area contributed by atoms with E-state index in [2.05, 4.69) is 22.7 Å². The summed E-state index contributed by atoms with van der Waals surface area (Å²) in [6.45, 7) is 7.98. The van der Waals surface area contributed by atoms with Crippen LogP contribution in [-0.4, -0.2) is 25.4 Å². The molecule has 0 unspecified atom stereocenters. The third kappa shape index (κ3) is 4.62. The predicted molar refractivity (Wildman–Crippen MR) is 85.7 cm³/mol. The molecule has 1 aromatic rings. The van der Waals surface area contributed by atoms with Gasteiger partial charge >= 0.3 is 0 Å². The van der Waals surface area contributed by atoms with Gasteiger partial charge in [-0.15, -0.1) is 0 Å². The number of hydrazine groups is 1. The predicted octanol–water partition coefficient (Wildman–Crippen LogP) is 2.05. The van der Waals surface area contributed by atoms with E-state index in [1.807, 2.05) is 26.0 Å². The van der Waals surface area contributed by atoms with E-state index in [-0.39, 0.29) is 6.04 Å². The molecule has 0 saturated carbocycles. The van der Waals surface area contributed by atoms with Gasteiger partial charge in [0, 0.05) is 17.7 Å². The summed E-state index contributed by atoms with van der Waals surface area (Å²) in [5, 5.41) is 3.57. The summed E-state index contributed by atoms with van der Waals surface area (Å²) in [5.74, 6) is 1.40. The molecule has 0 fully saturated rings. The lowest BCUT2D eigenvalue weighted by atomic mass is 10.1. The van der Waals surface area contributed by atoms with E-state index in [1.165, 1.54) is 0 Å². The van der Waals surface area contributed by atoms with Crippen molar-refractivity contribution in [1.82, 2.24) is 16.2 Å². The first-order valence-corrected chi connectivity index (χ1v) is 6.62. The van der Waals surface area contributed by atoms with Gasteiger partial charge in [-0.1, -0.05) is 6.58 Å². The Morgan fingerprint density at radius 1 is 1.20 bits per heavy atom. The van der Waals surface area contributed by atoms with Crippen molar-refractivity contribution in [2.75, 3.05) is 14.2 Å². The van der Waals surface area contributed by atoms with Crippen molar-refractivity contribution < 1.29 is 9.47 Å². The number of hydrogen-bond donors (Lipinski definition) is 3. The van der Waals surface area contributed by atoms with E-state index < -0.39 is 0 Å². The lowest BCUT2D eigenvalue weighted by Crippen LogP contribution is -2.45. The van der Waals surface area contributed by atoms with Gasteiger partial charge in [0.2, 0.25) is 0 Å². The summed E-state index contributed by atoms with van der Waals surface area (Å²) in [4.78, 5) is 0. The van der Waals surface area contributed by atoms with Crippen LogP contribution in [0.1, 0.15) is 19.4 Å². The Labute approximate surface area is 125 Å². The summed E-state index contributed by atoms with van der Waals surface area (Å²) >= 11 is 5.12. The molecule has 0 atom stereocenters. The van der Waals surface area contributed by atoms with Gasteiger partial charge in [-0.25, -0.2) is 0 Å². The molecule has 0 spiro atoms. The fourth-order valence-electron chi connectivity index (χ4n) is 1.55. The Bertz CT molecular complexity index is 489. The standard InChI is InChI=1S/C14H21N3O2S/c1-9(2)15-14(20)17-16-10(3)12-7-6-11(18-4)8-13(12)19-5/h6-9,16H,3H2,1-2,4-5H3,(H2,15,17,20). The van der Waals surface area contributed by atoms with E-state index in [9.17, 15) is 0 Å². The largest absolute Gasteiger partial charge is 0.497 e. The SMILES string of the molecule is C=C(NNC(=S)NC(C)C)c1ccc(OC)cc1OC. The Hall–Kier alpha value is -1.95. The zero-order valence-corrected chi connectivity index (χ0v) is 13.1. The van der Waals surface area contributed by atoms with Crippen molar-refractivity contribution in [2.24, 2.45) is 0 Å². The second-order valence-corrected chi connectivity index (χ2v) is 4.83. The summed E-state index contributed by atoms with van der Waals surface area (Å²) in [7, 11) is 3.21. The molecule has 6 heteroatoms. The fraction of sp³-hybridized carbons (Fsp3) is 0.357. The molecule has 110 valence electrons. The third-order valence-electron chi connectivity index (χ3n) is 2.48. The summed E-state index contributed by atoms with van der Waals surface area (Å²) in [6, 6.07) is 5.77. The number of rotatable bonds is 6. The van der Waals surface area contributed by atoms with E-state index in [1.54, 1.807) is 20.3 Å². The van der Waals surface area contributed by atoms with Gasteiger partial charge < -0.3 is 14.8 Å². The highest BCUT2D eigenvalue weighted by atomic mass is 32.1. The maximum atomic E-state index is 5.32. The molecule has 3 N–H and O–H groups in total. The van der Waals surface area contributed by atoms with Crippen LogP contribution in [0.15, 0.2) is 24.8 Å². The van der Waals surface area contributed by atoms with E-state index in [0.717, 1.165) is 11.3 Å². The van der Waals surface area contributed by atoms with Gasteiger partial charge in [-0.05, 0) is 38.2 Å². The van der Waals surface area contributed by atoms with Crippen molar-refractivity contribution in [3.05, 3.63) is 30.3 Å². The average molecular weight is 295 g/mol. The molecular formula is C14H21N3O2S. The first-order valence-electron chi connectivity index (χ1n) is 6.21. The van der Waals surface area contributed by atoms with E-state index >= 15 is 0 Å². The van der Waals surface area contributed by atoms with Crippen LogP contribution >= 0.6 is 12.2 Å². The number of benzene rings is 1. The highest BCUT2D eigenvalue weighted by Gasteiger charge is 2.08. The highest BCUT2D eigenvalue weighted by Crippen LogP contribution is 2.27. The van der Waals surface area contributed by atoms with Crippen molar-refractivity contribution in [3.8, 4) is 11.5 Å². The Balaban J connectivity index is 2.70. The maximum absolute atomic E-state index is 5.32. The first-order chi connectivity index (χ1) is 9.47. The van der Waals surface area contributed by atoms with Crippen LogP contribution in [0.2, 0.25) is 0 Å². The molecule has 5 nitrogen and oxygen atoms in total. The summed E-state index contributed by atoms with van der Waals surface area (Å²) < 4.78 is 10.5. The van der Waals surface area contributed by atoms with Crippen LogP contribution in [0.25, 0.3) is 5.70 Å². The second kappa shape index (κ2) is 7.59. The van der Waals surface area contributed by atoms with E-state index in [4.69, 9.17) is 21.7 Å². The number of methoxy groups -OCH3 is 2. The molecular weight excluding hydrogens is 274 g/mol. The molecule has 0 aliphatic rings. The third-order valence-corrected chi connectivity index (χ3v) is 2.70. The van der Waals surface area contributed by atoms with Gasteiger partial charge in [0.15, 0.2) is 5.11 Å². The van der Waals surface area contributed by atoms with Crippen LogP contribution in [0, 0.1) is 0 Å². The van der Waals surface area contributed by atoms with Gasteiger partial charge in [-0.3, -0.25) is 10.9 Å². The van der Waals surface area contributed by atoms with Crippen molar-refractivity contribution in [1.29, 1.82) is 0 Å². The van der Waals surface area contributed by atoms with Crippen molar-refractivity contribution in [3.63, 3.8) is 0 Å². The number of nitrogens with one attached hydrogen (secondary N) is 3. The van der Waals surface area contributed by atoms with Crippen LogP contribution in [0.3, 0.4) is 0 Å². The minimum atomic E-state index is 0.264. The van der Waals surface area contributed by atoms with Crippen molar-refractivity contribution >= 4 is 23.0 Å². The fourth-order valence-corrected chi connectivity index (χ4v) is 1.83. The quantitative estimate of drug-likeness (QED) is 0.552.